The van der Waals surface area contributed by atoms with Crippen molar-refractivity contribution in [1.29, 1.82) is 0 Å². The first kappa shape index (κ1) is 19.5. The highest BCUT2D eigenvalue weighted by Gasteiger charge is 2.68. The summed E-state index contributed by atoms with van der Waals surface area (Å²) in [7, 11) is -2.64. The Hall–Kier alpha value is -0.763. The van der Waals surface area contributed by atoms with Gasteiger partial charge in [0.2, 0.25) is 0 Å². The molecule has 0 radical (unpaired) electrons. The molecular weight excluding hydrogens is 362 g/mol. The Bertz CT molecular complexity index is 650. The van der Waals surface area contributed by atoms with Crippen LogP contribution in [0.15, 0.2) is 4.99 Å². The van der Waals surface area contributed by atoms with Gasteiger partial charge in [-0.05, 0) is 6.42 Å². The summed E-state index contributed by atoms with van der Waals surface area (Å²) in [6.45, 7) is 15.7. The molecule has 0 aromatic carbocycles. The second-order valence-corrected chi connectivity index (χ2v) is 15.2. The molecule has 0 aromatic heterocycles. The first-order valence-corrected chi connectivity index (χ1v) is 12.1. The lowest BCUT2D eigenvalue weighted by atomic mass is 9.82. The van der Waals surface area contributed by atoms with Crippen LogP contribution in [-0.2, 0) is 23.1 Å². The van der Waals surface area contributed by atoms with Gasteiger partial charge in [0.05, 0.1) is 12.5 Å². The molecule has 6 atom stereocenters. The van der Waals surface area contributed by atoms with Gasteiger partial charge < -0.3 is 18.3 Å². The van der Waals surface area contributed by atoms with Crippen molar-refractivity contribution < 1.29 is 23.1 Å². The van der Waals surface area contributed by atoms with E-state index in [2.05, 4.69) is 48.5 Å². The van der Waals surface area contributed by atoms with Crippen LogP contribution in [-0.4, -0.2) is 51.4 Å². The number of ether oxygens (including phenoxy) is 2. The standard InChI is InChI=1S/C20H33NO5Si/c1-8-9-11-13-14-16(25-18(13)22)15-12(24-17(14)21-11)10-23-27(26-15,19(2,3)4)20(5,6)7/h12-17H,8-10H2,1-7H3/t12-,13-,14+,15-,16-,17-/m1/s1. The molecule has 0 unspecified atom stereocenters. The number of rotatable bonds is 2. The number of aliphatic imine (C=N–C) groups is 1. The second kappa shape index (κ2) is 6.12. The van der Waals surface area contributed by atoms with Crippen LogP contribution in [0.25, 0.3) is 0 Å². The molecule has 3 saturated heterocycles. The Balaban J connectivity index is 1.68. The zero-order valence-electron chi connectivity index (χ0n) is 17.6. The van der Waals surface area contributed by atoms with Crippen molar-refractivity contribution in [2.24, 2.45) is 16.8 Å². The molecule has 4 rings (SSSR count). The van der Waals surface area contributed by atoms with Gasteiger partial charge in [-0.3, -0.25) is 9.79 Å². The lowest BCUT2D eigenvalue weighted by Gasteiger charge is -2.56. The monoisotopic (exact) mass is 395 g/mol. The lowest BCUT2D eigenvalue weighted by Crippen LogP contribution is -2.69. The smallest absolute Gasteiger partial charge is 0.349 e. The Kier molecular flexibility index (Phi) is 4.43. The van der Waals surface area contributed by atoms with Crippen LogP contribution in [0.5, 0.6) is 0 Å². The lowest BCUT2D eigenvalue weighted by molar-refractivity contribution is -0.214. The van der Waals surface area contributed by atoms with E-state index < -0.39 is 8.56 Å². The third-order valence-electron chi connectivity index (χ3n) is 6.49. The van der Waals surface area contributed by atoms with Crippen molar-refractivity contribution in [3.8, 4) is 0 Å². The summed E-state index contributed by atoms with van der Waals surface area (Å²) in [5, 5.41) is -0.233. The molecule has 0 bridgehead atoms. The molecule has 0 spiro atoms. The minimum atomic E-state index is -2.64. The predicted molar refractivity (Wildman–Crippen MR) is 104 cm³/mol. The molecule has 0 amide bonds. The summed E-state index contributed by atoms with van der Waals surface area (Å²) in [6, 6.07) is 0. The van der Waals surface area contributed by atoms with Crippen LogP contribution in [0.3, 0.4) is 0 Å². The molecule has 0 aromatic rings. The topological polar surface area (TPSA) is 66.3 Å². The maximum atomic E-state index is 12.7. The van der Waals surface area contributed by atoms with Crippen LogP contribution in [0.4, 0.5) is 0 Å². The van der Waals surface area contributed by atoms with Gasteiger partial charge in [-0.15, -0.1) is 0 Å². The van der Waals surface area contributed by atoms with Crippen molar-refractivity contribution in [3.63, 3.8) is 0 Å². The molecule has 27 heavy (non-hydrogen) atoms. The van der Waals surface area contributed by atoms with E-state index in [4.69, 9.17) is 23.3 Å². The van der Waals surface area contributed by atoms with Crippen molar-refractivity contribution in [2.45, 2.75) is 95.9 Å². The number of hydrogen-bond acceptors (Lipinski definition) is 6. The quantitative estimate of drug-likeness (QED) is 0.528. The second-order valence-electron chi connectivity index (χ2n) is 10.4. The Morgan fingerprint density at radius 3 is 2.37 bits per heavy atom. The Labute approximate surface area is 163 Å². The van der Waals surface area contributed by atoms with Gasteiger partial charge in [0.1, 0.15) is 24.2 Å². The average molecular weight is 396 g/mol. The molecule has 7 heteroatoms. The van der Waals surface area contributed by atoms with E-state index in [9.17, 15) is 4.79 Å². The normalized spacial score (nSPS) is 40.3. The summed E-state index contributed by atoms with van der Waals surface area (Å²) >= 11 is 0. The summed E-state index contributed by atoms with van der Waals surface area (Å²) < 4.78 is 25.6. The third kappa shape index (κ3) is 2.69. The van der Waals surface area contributed by atoms with E-state index in [1.165, 1.54) is 0 Å². The van der Waals surface area contributed by atoms with Gasteiger partial charge in [0.25, 0.3) is 0 Å². The van der Waals surface area contributed by atoms with Crippen LogP contribution in [0, 0.1) is 11.8 Å². The molecule has 0 saturated carbocycles. The van der Waals surface area contributed by atoms with Crippen molar-refractivity contribution in [2.75, 3.05) is 6.61 Å². The molecule has 4 heterocycles. The fourth-order valence-corrected chi connectivity index (χ4v) is 10.6. The highest BCUT2D eigenvalue weighted by molar-refractivity contribution is 6.73. The van der Waals surface area contributed by atoms with Gasteiger partial charge >= 0.3 is 14.5 Å². The number of esters is 1. The maximum absolute atomic E-state index is 12.7. The van der Waals surface area contributed by atoms with E-state index in [-0.39, 0.29) is 52.4 Å². The fourth-order valence-electron chi connectivity index (χ4n) is 5.61. The van der Waals surface area contributed by atoms with Gasteiger partial charge in [0.15, 0.2) is 6.23 Å². The average Bonchev–Trinajstić information content (AvgIpc) is 3.07. The van der Waals surface area contributed by atoms with E-state index in [1.54, 1.807) is 0 Å². The number of carbonyl (C=O) groups excluding carboxylic acids is 1. The van der Waals surface area contributed by atoms with Crippen molar-refractivity contribution in [1.82, 2.24) is 0 Å². The molecule has 4 aliphatic heterocycles. The molecule has 3 fully saturated rings. The van der Waals surface area contributed by atoms with Gasteiger partial charge in [-0.1, -0.05) is 54.9 Å². The van der Waals surface area contributed by atoms with Crippen LogP contribution in [0.2, 0.25) is 10.1 Å². The van der Waals surface area contributed by atoms with E-state index in [0.717, 1.165) is 18.6 Å². The largest absolute Gasteiger partial charge is 0.459 e. The number of hydrogen-bond donors (Lipinski definition) is 0. The van der Waals surface area contributed by atoms with Gasteiger partial charge in [-0.2, -0.15) is 0 Å². The minimum absolute atomic E-state index is 0.0509. The Morgan fingerprint density at radius 1 is 1.11 bits per heavy atom. The van der Waals surface area contributed by atoms with Crippen molar-refractivity contribution in [3.05, 3.63) is 0 Å². The molecule has 152 valence electrons. The number of carbonyl (C=O) groups is 1. The molecular formula is C20H33NO5Si. The van der Waals surface area contributed by atoms with Crippen LogP contribution in [0.1, 0.15) is 61.3 Å². The predicted octanol–water partition coefficient (Wildman–Crippen LogP) is 3.58. The first-order valence-electron chi connectivity index (χ1n) is 10.2. The zero-order valence-corrected chi connectivity index (χ0v) is 18.6. The van der Waals surface area contributed by atoms with Gasteiger partial charge in [-0.25, -0.2) is 0 Å². The first-order chi connectivity index (χ1) is 12.5. The molecule has 0 N–H and O–H groups in total. The van der Waals surface area contributed by atoms with Crippen LogP contribution >= 0.6 is 0 Å². The number of nitrogens with zero attached hydrogens (tertiary/aromatic N) is 1. The van der Waals surface area contributed by atoms with E-state index in [0.29, 0.717) is 6.61 Å². The summed E-state index contributed by atoms with van der Waals surface area (Å²) in [6.07, 6.45) is 0.680. The van der Waals surface area contributed by atoms with E-state index >= 15 is 0 Å². The number of fused-ring (bicyclic) bond motifs is 2. The minimum Gasteiger partial charge on any atom is -0.459 e. The zero-order chi connectivity index (χ0) is 19.8. The molecule has 0 aliphatic carbocycles. The summed E-state index contributed by atoms with van der Waals surface area (Å²) in [5.74, 6) is -0.462. The maximum Gasteiger partial charge on any atom is 0.349 e. The highest BCUT2D eigenvalue weighted by Crippen LogP contribution is 2.57. The van der Waals surface area contributed by atoms with E-state index in [1.807, 2.05) is 0 Å². The molecule has 4 aliphatic rings. The summed E-state index contributed by atoms with van der Waals surface area (Å²) in [4.78, 5) is 17.4. The Morgan fingerprint density at radius 2 is 1.78 bits per heavy atom. The fraction of sp³-hybridized carbons (Fsp3) is 0.900. The third-order valence-corrected chi connectivity index (χ3v) is 11.6. The van der Waals surface area contributed by atoms with Crippen LogP contribution < -0.4 is 0 Å². The summed E-state index contributed by atoms with van der Waals surface area (Å²) in [5.41, 5.74) is 0.940. The highest BCUT2D eigenvalue weighted by atomic mass is 28.4. The van der Waals surface area contributed by atoms with Gasteiger partial charge in [0, 0.05) is 15.8 Å². The SMILES string of the molecule is CCCC1=N[C@@H]2O[C@@H]3CO[Si](C(C)(C)C)(C(C)(C)C)O[C@H]3[C@@H]3OC(=O)[C@H]1[C@@H]32. The molecule has 6 nitrogen and oxygen atoms in total. The van der Waals surface area contributed by atoms with Crippen molar-refractivity contribution >= 4 is 20.2 Å².